The number of aryl methyl sites for hydroxylation is 3. The number of anilines is 1. The molecule has 138 valence electrons. The fraction of sp³-hybridized carbons (Fsp3) is 0.190. The molecule has 0 radical (unpaired) electrons. The molecule has 2 aromatic carbocycles. The van der Waals surface area contributed by atoms with E-state index in [1.165, 1.54) is 6.07 Å². The summed E-state index contributed by atoms with van der Waals surface area (Å²) in [6.45, 7) is 4.71. The van der Waals surface area contributed by atoms with Crippen molar-refractivity contribution >= 4 is 28.5 Å². The van der Waals surface area contributed by atoms with Crippen molar-refractivity contribution in [3.05, 3.63) is 70.7 Å². The molecule has 0 saturated heterocycles. The Hall–Kier alpha value is -3.28. The number of aromatic nitrogens is 1. The van der Waals surface area contributed by atoms with E-state index in [1.807, 2.05) is 31.2 Å². The van der Waals surface area contributed by atoms with Crippen LogP contribution in [0.15, 0.2) is 42.5 Å². The number of carbonyl (C=O) groups is 2. The lowest BCUT2D eigenvalue weighted by molar-refractivity contribution is -0.119. The third-order valence-corrected chi connectivity index (χ3v) is 4.33. The second kappa shape index (κ2) is 7.53. The fourth-order valence-electron chi connectivity index (χ4n) is 2.90. The van der Waals surface area contributed by atoms with E-state index in [2.05, 4.69) is 10.3 Å². The maximum atomic E-state index is 13.5. The molecule has 1 heterocycles. The third-order valence-electron chi connectivity index (χ3n) is 4.33. The maximum absolute atomic E-state index is 13.5. The van der Waals surface area contributed by atoms with E-state index < -0.39 is 24.3 Å². The Morgan fingerprint density at radius 1 is 1.11 bits per heavy atom. The molecule has 1 N–H and O–H groups in total. The molecule has 5 nitrogen and oxygen atoms in total. The lowest BCUT2D eigenvalue weighted by Gasteiger charge is -2.12. The number of carbonyl (C=O) groups excluding carboxylic acids is 2. The molecule has 1 aromatic heterocycles. The van der Waals surface area contributed by atoms with Crippen LogP contribution in [0.5, 0.6) is 0 Å². The molecule has 3 rings (SSSR count). The van der Waals surface area contributed by atoms with Crippen molar-refractivity contribution in [2.45, 2.75) is 20.8 Å². The number of ether oxygens (including phenoxy) is 1. The van der Waals surface area contributed by atoms with Gasteiger partial charge >= 0.3 is 5.97 Å². The first kappa shape index (κ1) is 18.5. The smallest absolute Gasteiger partial charge is 0.340 e. The first-order valence-corrected chi connectivity index (χ1v) is 8.46. The minimum absolute atomic E-state index is 0.305. The van der Waals surface area contributed by atoms with Crippen LogP contribution in [0.1, 0.15) is 27.2 Å². The molecular weight excluding hydrogens is 347 g/mol. The molecule has 0 spiro atoms. The minimum Gasteiger partial charge on any atom is -0.452 e. The number of para-hydroxylation sites is 1. The highest BCUT2D eigenvalue weighted by Crippen LogP contribution is 2.23. The highest BCUT2D eigenvalue weighted by atomic mass is 19.1. The largest absolute Gasteiger partial charge is 0.452 e. The van der Waals surface area contributed by atoms with Gasteiger partial charge in [0, 0.05) is 11.1 Å². The molecule has 0 aliphatic heterocycles. The number of benzene rings is 2. The molecular formula is C21H19FN2O3. The summed E-state index contributed by atoms with van der Waals surface area (Å²) < 4.78 is 18.7. The predicted molar refractivity (Wildman–Crippen MR) is 101 cm³/mol. The van der Waals surface area contributed by atoms with Crippen LogP contribution < -0.4 is 5.32 Å². The zero-order valence-electron chi connectivity index (χ0n) is 15.3. The van der Waals surface area contributed by atoms with E-state index in [0.717, 1.165) is 16.5 Å². The van der Waals surface area contributed by atoms with Crippen LogP contribution >= 0.6 is 0 Å². The van der Waals surface area contributed by atoms with Crippen molar-refractivity contribution < 1.29 is 18.7 Å². The molecule has 0 unspecified atom stereocenters. The van der Waals surface area contributed by atoms with Gasteiger partial charge in [0.05, 0.1) is 16.8 Å². The zero-order valence-corrected chi connectivity index (χ0v) is 15.3. The van der Waals surface area contributed by atoms with Crippen molar-refractivity contribution in [3.8, 4) is 0 Å². The summed E-state index contributed by atoms with van der Waals surface area (Å²) in [6, 6.07) is 11.9. The summed E-state index contributed by atoms with van der Waals surface area (Å²) >= 11 is 0. The third kappa shape index (κ3) is 3.95. The number of pyridine rings is 1. The number of hydrogen-bond acceptors (Lipinski definition) is 4. The maximum Gasteiger partial charge on any atom is 0.340 e. The van der Waals surface area contributed by atoms with Crippen molar-refractivity contribution in [3.63, 3.8) is 0 Å². The molecule has 0 saturated carbocycles. The van der Waals surface area contributed by atoms with E-state index in [4.69, 9.17) is 4.74 Å². The molecule has 3 aromatic rings. The average Bonchev–Trinajstić information content (AvgIpc) is 2.63. The van der Waals surface area contributed by atoms with Crippen LogP contribution in [0.4, 0.5) is 10.1 Å². The molecule has 0 aliphatic carbocycles. The molecule has 0 aliphatic rings. The van der Waals surface area contributed by atoms with Gasteiger partial charge in [0.15, 0.2) is 6.61 Å². The number of fused-ring (bicyclic) bond motifs is 1. The number of nitrogens with one attached hydrogen (secondary N) is 1. The SMILES string of the molecule is Cc1ccc(NC(=O)COC(=O)c2c(C)nc3ccccc3c2C)cc1F. The number of rotatable bonds is 4. The Bertz CT molecular complexity index is 1050. The monoisotopic (exact) mass is 366 g/mol. The lowest BCUT2D eigenvalue weighted by atomic mass is 10.0. The van der Waals surface area contributed by atoms with Gasteiger partial charge in [0.2, 0.25) is 0 Å². The van der Waals surface area contributed by atoms with Crippen LogP contribution in [0.25, 0.3) is 10.9 Å². The Kier molecular flexibility index (Phi) is 5.16. The van der Waals surface area contributed by atoms with E-state index in [-0.39, 0.29) is 0 Å². The van der Waals surface area contributed by atoms with E-state index in [1.54, 1.807) is 26.0 Å². The van der Waals surface area contributed by atoms with Gasteiger partial charge in [-0.25, -0.2) is 9.18 Å². The normalized spacial score (nSPS) is 10.7. The van der Waals surface area contributed by atoms with E-state index in [0.29, 0.717) is 22.5 Å². The van der Waals surface area contributed by atoms with Crippen molar-refractivity contribution in [2.24, 2.45) is 0 Å². The van der Waals surface area contributed by atoms with Crippen LogP contribution in [0.2, 0.25) is 0 Å². The van der Waals surface area contributed by atoms with Crippen LogP contribution in [-0.4, -0.2) is 23.5 Å². The number of esters is 1. The van der Waals surface area contributed by atoms with Crippen molar-refractivity contribution in [1.29, 1.82) is 0 Å². The molecule has 1 amide bonds. The second-order valence-corrected chi connectivity index (χ2v) is 6.30. The number of halogens is 1. The standard InChI is InChI=1S/C21H19FN2O3/c1-12-8-9-15(10-17(12)22)24-19(25)11-27-21(26)20-13(2)16-6-4-5-7-18(16)23-14(20)3/h4-10H,11H2,1-3H3,(H,24,25). The minimum atomic E-state index is -0.617. The summed E-state index contributed by atoms with van der Waals surface area (Å²) in [7, 11) is 0. The molecule has 0 fully saturated rings. The van der Waals surface area contributed by atoms with Crippen LogP contribution in [0, 0.1) is 26.6 Å². The van der Waals surface area contributed by atoms with Crippen LogP contribution in [0.3, 0.4) is 0 Å². The predicted octanol–water partition coefficient (Wildman–Crippen LogP) is 4.09. The zero-order chi connectivity index (χ0) is 19.6. The topological polar surface area (TPSA) is 68.3 Å². The van der Waals surface area contributed by atoms with Gasteiger partial charge in [0.25, 0.3) is 5.91 Å². The summed E-state index contributed by atoms with van der Waals surface area (Å²) in [4.78, 5) is 28.9. The fourth-order valence-corrected chi connectivity index (χ4v) is 2.90. The second-order valence-electron chi connectivity index (χ2n) is 6.30. The van der Waals surface area contributed by atoms with Gasteiger partial charge < -0.3 is 10.1 Å². The summed E-state index contributed by atoms with van der Waals surface area (Å²) in [5.41, 5.74) is 3.22. The molecule has 6 heteroatoms. The quantitative estimate of drug-likeness (QED) is 0.706. The summed E-state index contributed by atoms with van der Waals surface area (Å²) in [5.74, 6) is -1.58. The van der Waals surface area contributed by atoms with Crippen molar-refractivity contribution in [2.75, 3.05) is 11.9 Å². The van der Waals surface area contributed by atoms with Gasteiger partial charge in [-0.1, -0.05) is 24.3 Å². The number of nitrogens with zero attached hydrogens (tertiary/aromatic N) is 1. The Balaban J connectivity index is 1.71. The first-order valence-electron chi connectivity index (χ1n) is 8.46. The van der Waals surface area contributed by atoms with Gasteiger partial charge in [0.1, 0.15) is 5.82 Å². The lowest BCUT2D eigenvalue weighted by Crippen LogP contribution is -2.22. The van der Waals surface area contributed by atoms with Gasteiger partial charge in [-0.15, -0.1) is 0 Å². The first-order chi connectivity index (χ1) is 12.9. The number of hydrogen-bond donors (Lipinski definition) is 1. The summed E-state index contributed by atoms with van der Waals surface area (Å²) in [6.07, 6.45) is 0. The Morgan fingerprint density at radius 3 is 2.59 bits per heavy atom. The average molecular weight is 366 g/mol. The highest BCUT2D eigenvalue weighted by Gasteiger charge is 2.18. The summed E-state index contributed by atoms with van der Waals surface area (Å²) in [5, 5.41) is 3.36. The molecule has 0 atom stereocenters. The van der Waals surface area contributed by atoms with Gasteiger partial charge in [-0.2, -0.15) is 0 Å². The van der Waals surface area contributed by atoms with Gasteiger partial charge in [-0.05, 0) is 50.1 Å². The van der Waals surface area contributed by atoms with Crippen LogP contribution in [-0.2, 0) is 9.53 Å². The molecule has 27 heavy (non-hydrogen) atoms. The van der Waals surface area contributed by atoms with Crippen molar-refractivity contribution in [1.82, 2.24) is 4.98 Å². The Labute approximate surface area is 156 Å². The van der Waals surface area contributed by atoms with E-state index >= 15 is 0 Å². The molecule has 0 bridgehead atoms. The number of amides is 1. The Morgan fingerprint density at radius 2 is 1.85 bits per heavy atom. The highest BCUT2D eigenvalue weighted by molar-refractivity contribution is 6.00. The van der Waals surface area contributed by atoms with E-state index in [9.17, 15) is 14.0 Å². The van der Waals surface area contributed by atoms with Gasteiger partial charge in [-0.3, -0.25) is 9.78 Å².